The fourth-order valence-electron chi connectivity index (χ4n) is 1.79. The number of hydrogen-bond donors (Lipinski definition) is 2. The molecule has 0 aliphatic heterocycles. The quantitative estimate of drug-likeness (QED) is 0.380. The third-order valence-electron chi connectivity index (χ3n) is 3.07. The highest BCUT2D eigenvalue weighted by Crippen LogP contribution is 2.49. The van der Waals surface area contributed by atoms with Crippen molar-refractivity contribution in [2.75, 3.05) is 6.61 Å². The average Bonchev–Trinajstić information content (AvgIpc) is 3.10. The number of halogens is 2. The molecule has 0 radical (unpaired) electrons. The predicted octanol–water partition coefficient (Wildman–Crippen LogP) is 2.88. The van der Waals surface area contributed by atoms with Crippen LogP contribution in [-0.4, -0.2) is 17.6 Å². The lowest BCUT2D eigenvalue weighted by Gasteiger charge is -2.16. The van der Waals surface area contributed by atoms with Crippen molar-refractivity contribution < 1.29 is 14.3 Å². The van der Waals surface area contributed by atoms with Gasteiger partial charge in [-0.15, -0.1) is 0 Å². The van der Waals surface area contributed by atoms with Crippen LogP contribution in [0.25, 0.3) is 0 Å². The summed E-state index contributed by atoms with van der Waals surface area (Å²) in [4.78, 5) is 0. The van der Waals surface area contributed by atoms with E-state index in [0.29, 0.717) is 23.2 Å². The maximum atomic E-state index is 13.1. The van der Waals surface area contributed by atoms with Gasteiger partial charge in [-0.05, 0) is 40.9 Å². The number of nitrogens with zero attached hydrogens (tertiary/aromatic N) is 1. The molecule has 0 unspecified atom stereocenters. The summed E-state index contributed by atoms with van der Waals surface area (Å²) in [5, 5.41) is 11.5. The van der Waals surface area contributed by atoms with E-state index in [1.165, 1.54) is 12.1 Å². The highest BCUT2D eigenvalue weighted by molar-refractivity contribution is 9.10. The third-order valence-corrected chi connectivity index (χ3v) is 3.72. The summed E-state index contributed by atoms with van der Waals surface area (Å²) in [6.07, 6.45) is 2.43. The van der Waals surface area contributed by atoms with Crippen molar-refractivity contribution in [3.63, 3.8) is 0 Å². The van der Waals surface area contributed by atoms with E-state index in [1.54, 1.807) is 6.07 Å². The fraction of sp³-hybridized carbons (Fsp3) is 0.417. The van der Waals surface area contributed by atoms with E-state index in [9.17, 15) is 4.39 Å². The molecule has 2 rings (SSSR count). The van der Waals surface area contributed by atoms with Gasteiger partial charge in [0.2, 0.25) is 0 Å². The molecule has 0 bridgehead atoms. The molecule has 0 heterocycles. The smallest absolute Gasteiger partial charge is 0.139 e. The zero-order valence-electron chi connectivity index (χ0n) is 9.70. The van der Waals surface area contributed by atoms with Gasteiger partial charge >= 0.3 is 0 Å². The minimum Gasteiger partial charge on any atom is -0.492 e. The van der Waals surface area contributed by atoms with Crippen LogP contribution in [0.1, 0.15) is 19.3 Å². The Morgan fingerprint density at radius 2 is 2.28 bits per heavy atom. The average molecular weight is 317 g/mol. The molecule has 1 saturated carbocycles. The minimum absolute atomic E-state index is 0.0674. The van der Waals surface area contributed by atoms with Crippen LogP contribution in [0.15, 0.2) is 27.8 Å². The number of nitrogens with two attached hydrogens (primary N) is 1. The number of oxime groups is 1. The molecule has 4 nitrogen and oxygen atoms in total. The first-order chi connectivity index (χ1) is 8.54. The van der Waals surface area contributed by atoms with Crippen LogP contribution in [0.4, 0.5) is 4.39 Å². The SMILES string of the molecule is N/C(CC1(COc2cc(F)ccc2Br)CC1)=N/O. The van der Waals surface area contributed by atoms with Crippen LogP contribution >= 0.6 is 15.9 Å². The Labute approximate surface area is 113 Å². The van der Waals surface area contributed by atoms with Gasteiger partial charge in [-0.2, -0.15) is 0 Å². The van der Waals surface area contributed by atoms with Gasteiger partial charge in [0.25, 0.3) is 0 Å². The van der Waals surface area contributed by atoms with E-state index in [1.807, 2.05) is 0 Å². The maximum absolute atomic E-state index is 13.1. The van der Waals surface area contributed by atoms with Crippen molar-refractivity contribution >= 4 is 21.8 Å². The van der Waals surface area contributed by atoms with Crippen LogP contribution < -0.4 is 10.5 Å². The Bertz CT molecular complexity index is 475. The number of benzene rings is 1. The van der Waals surface area contributed by atoms with E-state index < -0.39 is 0 Å². The van der Waals surface area contributed by atoms with Crippen molar-refractivity contribution in [3.8, 4) is 5.75 Å². The molecule has 1 aliphatic rings. The summed E-state index contributed by atoms with van der Waals surface area (Å²) in [7, 11) is 0. The highest BCUT2D eigenvalue weighted by atomic mass is 79.9. The lowest BCUT2D eigenvalue weighted by molar-refractivity contribution is 0.234. The van der Waals surface area contributed by atoms with Gasteiger partial charge in [0.05, 0.1) is 11.1 Å². The number of amidine groups is 1. The highest BCUT2D eigenvalue weighted by Gasteiger charge is 2.44. The first-order valence-corrected chi connectivity index (χ1v) is 6.38. The monoisotopic (exact) mass is 316 g/mol. The van der Waals surface area contributed by atoms with Crippen LogP contribution in [0, 0.1) is 11.2 Å². The lowest BCUT2D eigenvalue weighted by atomic mass is 10.0. The second-order valence-corrected chi connectivity index (χ2v) is 5.49. The molecule has 1 fully saturated rings. The van der Waals surface area contributed by atoms with E-state index in [2.05, 4.69) is 21.1 Å². The Balaban J connectivity index is 1.97. The lowest BCUT2D eigenvalue weighted by Crippen LogP contribution is -2.22. The largest absolute Gasteiger partial charge is 0.492 e. The summed E-state index contributed by atoms with van der Waals surface area (Å²) < 4.78 is 19.4. The zero-order valence-corrected chi connectivity index (χ0v) is 11.3. The van der Waals surface area contributed by atoms with E-state index in [4.69, 9.17) is 15.7 Å². The van der Waals surface area contributed by atoms with Crippen molar-refractivity contribution in [1.29, 1.82) is 0 Å². The second kappa shape index (κ2) is 5.14. The summed E-state index contributed by atoms with van der Waals surface area (Å²) in [5.74, 6) is 0.338. The molecule has 0 spiro atoms. The van der Waals surface area contributed by atoms with Gasteiger partial charge in [0, 0.05) is 17.9 Å². The van der Waals surface area contributed by atoms with Gasteiger partial charge < -0.3 is 15.7 Å². The Morgan fingerprint density at radius 3 is 2.89 bits per heavy atom. The Morgan fingerprint density at radius 1 is 1.56 bits per heavy atom. The van der Waals surface area contributed by atoms with Gasteiger partial charge in [-0.1, -0.05) is 5.16 Å². The Hall–Kier alpha value is -1.30. The van der Waals surface area contributed by atoms with E-state index in [0.717, 1.165) is 12.8 Å². The summed E-state index contributed by atoms with van der Waals surface area (Å²) in [5.41, 5.74) is 5.43. The predicted molar refractivity (Wildman–Crippen MR) is 69.3 cm³/mol. The molecule has 6 heteroatoms. The summed E-state index contributed by atoms with van der Waals surface area (Å²) in [6.45, 7) is 0.436. The topological polar surface area (TPSA) is 67.8 Å². The molecule has 18 heavy (non-hydrogen) atoms. The molecule has 98 valence electrons. The zero-order chi connectivity index (χ0) is 13.2. The van der Waals surface area contributed by atoms with Crippen LogP contribution in [0.5, 0.6) is 5.75 Å². The van der Waals surface area contributed by atoms with Crippen LogP contribution in [-0.2, 0) is 0 Å². The normalized spacial score (nSPS) is 17.6. The molecule has 1 aromatic carbocycles. The Kier molecular flexibility index (Phi) is 3.75. The molecule has 0 amide bonds. The number of ether oxygens (including phenoxy) is 1. The molecule has 0 atom stereocenters. The summed E-state index contributed by atoms with van der Waals surface area (Å²) in [6, 6.07) is 4.30. The van der Waals surface area contributed by atoms with Crippen LogP contribution in [0.3, 0.4) is 0 Å². The van der Waals surface area contributed by atoms with Gasteiger partial charge in [0.15, 0.2) is 0 Å². The molecule has 0 aromatic heterocycles. The number of rotatable bonds is 5. The summed E-state index contributed by atoms with van der Waals surface area (Å²) >= 11 is 3.30. The fourth-order valence-corrected chi connectivity index (χ4v) is 2.15. The van der Waals surface area contributed by atoms with Crippen molar-refractivity contribution in [3.05, 3.63) is 28.5 Å². The van der Waals surface area contributed by atoms with Gasteiger partial charge in [0.1, 0.15) is 17.4 Å². The molecule has 1 aliphatic carbocycles. The first-order valence-electron chi connectivity index (χ1n) is 5.59. The van der Waals surface area contributed by atoms with Crippen molar-refractivity contribution in [1.82, 2.24) is 0 Å². The molecular formula is C12H14BrFN2O2. The van der Waals surface area contributed by atoms with E-state index in [-0.39, 0.29) is 17.1 Å². The minimum atomic E-state index is -0.338. The van der Waals surface area contributed by atoms with Crippen molar-refractivity contribution in [2.24, 2.45) is 16.3 Å². The van der Waals surface area contributed by atoms with Gasteiger partial charge in [-0.3, -0.25) is 0 Å². The number of hydrogen-bond acceptors (Lipinski definition) is 3. The van der Waals surface area contributed by atoms with E-state index >= 15 is 0 Å². The molecule has 3 N–H and O–H groups in total. The van der Waals surface area contributed by atoms with Crippen molar-refractivity contribution in [2.45, 2.75) is 19.3 Å². The third kappa shape index (κ3) is 3.13. The standard InChI is InChI=1S/C12H14BrFN2O2/c13-9-2-1-8(14)5-10(9)18-7-12(3-4-12)6-11(15)16-17/h1-2,5,17H,3-4,6-7H2,(H2,15,16). The molecule has 1 aromatic rings. The maximum Gasteiger partial charge on any atom is 0.139 e. The second-order valence-electron chi connectivity index (χ2n) is 4.63. The molecule has 0 saturated heterocycles. The molecular weight excluding hydrogens is 303 g/mol. The van der Waals surface area contributed by atoms with Crippen LogP contribution in [0.2, 0.25) is 0 Å². The van der Waals surface area contributed by atoms with Gasteiger partial charge in [-0.25, -0.2) is 4.39 Å². The first kappa shape index (κ1) is 13.1.